The maximum absolute atomic E-state index is 11.3. The molecule has 0 spiro atoms. The lowest BCUT2D eigenvalue weighted by molar-refractivity contribution is -0.124. The Morgan fingerprint density at radius 2 is 1.76 bits per heavy atom. The van der Waals surface area contributed by atoms with Gasteiger partial charge in [-0.2, -0.15) is 0 Å². The van der Waals surface area contributed by atoms with Crippen LogP contribution >= 0.6 is 0 Å². The topological polar surface area (TPSA) is 46.2 Å². The van der Waals surface area contributed by atoms with E-state index in [1.807, 2.05) is 0 Å². The molecule has 17 heavy (non-hydrogen) atoms. The minimum absolute atomic E-state index is 0.00155. The molecule has 0 aromatic rings. The zero-order chi connectivity index (χ0) is 12.7. The highest BCUT2D eigenvalue weighted by molar-refractivity contribution is 5.10. The fraction of sp³-hybridized carbons (Fsp3) is 1.00. The van der Waals surface area contributed by atoms with Crippen LogP contribution in [0.4, 0.5) is 0 Å². The van der Waals surface area contributed by atoms with Crippen molar-refractivity contribution in [3.63, 3.8) is 0 Å². The van der Waals surface area contributed by atoms with E-state index >= 15 is 0 Å². The molecule has 0 radical (unpaired) electrons. The first-order valence-corrected chi connectivity index (χ1v) is 7.28. The summed E-state index contributed by atoms with van der Waals surface area (Å²) in [7, 11) is 0. The molecule has 0 saturated heterocycles. The third kappa shape index (κ3) is 2.04. The van der Waals surface area contributed by atoms with Crippen LogP contribution in [0.2, 0.25) is 0 Å². The van der Waals surface area contributed by atoms with E-state index in [4.69, 9.17) is 5.73 Å². The van der Waals surface area contributed by atoms with Crippen molar-refractivity contribution in [2.75, 3.05) is 6.54 Å². The predicted octanol–water partition coefficient (Wildman–Crippen LogP) is 3.08. The average Bonchev–Trinajstić information content (AvgIpc) is 2.49. The second-order valence-electron chi connectivity index (χ2n) is 7.42. The van der Waals surface area contributed by atoms with Crippen LogP contribution in [-0.2, 0) is 0 Å². The zero-order valence-electron chi connectivity index (χ0n) is 11.8. The van der Waals surface area contributed by atoms with E-state index in [9.17, 15) is 5.11 Å². The lowest BCUT2D eigenvalue weighted by Crippen LogP contribution is -2.55. The summed E-state index contributed by atoms with van der Waals surface area (Å²) in [6.45, 7) is 7.45. The molecule has 3 N–H and O–H groups in total. The van der Waals surface area contributed by atoms with Crippen LogP contribution in [0.25, 0.3) is 0 Å². The van der Waals surface area contributed by atoms with Crippen molar-refractivity contribution in [1.29, 1.82) is 0 Å². The molecule has 0 bridgehead atoms. The Morgan fingerprint density at radius 3 is 2.18 bits per heavy atom. The van der Waals surface area contributed by atoms with Gasteiger partial charge in [0.1, 0.15) is 0 Å². The van der Waals surface area contributed by atoms with E-state index in [1.165, 1.54) is 19.3 Å². The molecule has 2 nitrogen and oxygen atoms in total. The summed E-state index contributed by atoms with van der Waals surface area (Å²) in [5.74, 6) is 0.388. The van der Waals surface area contributed by atoms with Gasteiger partial charge in [0.2, 0.25) is 0 Å². The number of nitrogens with two attached hydrogens (primary N) is 1. The Bertz CT molecular complexity index is 281. The molecular weight excluding hydrogens is 210 g/mol. The number of rotatable bonds is 2. The summed E-state index contributed by atoms with van der Waals surface area (Å²) >= 11 is 0. The monoisotopic (exact) mass is 239 g/mol. The quantitative estimate of drug-likeness (QED) is 0.778. The Hall–Kier alpha value is -0.0800. The molecule has 100 valence electrons. The van der Waals surface area contributed by atoms with Crippen LogP contribution < -0.4 is 5.73 Å². The molecule has 0 aliphatic heterocycles. The van der Waals surface area contributed by atoms with Gasteiger partial charge in [-0.25, -0.2) is 0 Å². The van der Waals surface area contributed by atoms with Crippen molar-refractivity contribution in [2.45, 2.75) is 71.3 Å². The molecule has 2 fully saturated rings. The lowest BCUT2D eigenvalue weighted by atomic mass is 9.59. The zero-order valence-corrected chi connectivity index (χ0v) is 11.8. The number of hydrogen-bond donors (Lipinski definition) is 2. The van der Waals surface area contributed by atoms with E-state index in [0.29, 0.717) is 12.5 Å². The molecule has 0 aromatic carbocycles. The van der Waals surface area contributed by atoms with Crippen molar-refractivity contribution in [2.24, 2.45) is 22.5 Å². The summed E-state index contributed by atoms with van der Waals surface area (Å²) in [4.78, 5) is 0. The second-order valence-corrected chi connectivity index (χ2v) is 7.42. The highest BCUT2D eigenvalue weighted by atomic mass is 16.3. The fourth-order valence-electron chi connectivity index (χ4n) is 4.73. The summed E-state index contributed by atoms with van der Waals surface area (Å²) < 4.78 is 0. The van der Waals surface area contributed by atoms with Crippen LogP contribution in [-0.4, -0.2) is 17.3 Å². The van der Waals surface area contributed by atoms with Crippen molar-refractivity contribution < 1.29 is 5.11 Å². The van der Waals surface area contributed by atoms with Gasteiger partial charge in [0.25, 0.3) is 0 Å². The van der Waals surface area contributed by atoms with Gasteiger partial charge in [-0.05, 0) is 37.0 Å². The molecule has 0 heterocycles. The second kappa shape index (κ2) is 4.24. The van der Waals surface area contributed by atoms with E-state index in [-0.39, 0.29) is 10.8 Å². The van der Waals surface area contributed by atoms with Crippen molar-refractivity contribution in [3.8, 4) is 0 Å². The van der Waals surface area contributed by atoms with Gasteiger partial charge in [-0.3, -0.25) is 0 Å². The molecule has 2 atom stereocenters. The SMILES string of the molecule is CC1CC(C)(C)CC1(O)C1(CN)CCCCC1. The number of aliphatic hydroxyl groups is 1. The summed E-state index contributed by atoms with van der Waals surface area (Å²) in [5, 5.41) is 11.3. The molecular formula is C15H29NO. The smallest absolute Gasteiger partial charge is 0.0746 e. The maximum atomic E-state index is 11.3. The Balaban J connectivity index is 2.29. The molecule has 0 aromatic heterocycles. The van der Waals surface area contributed by atoms with Gasteiger partial charge in [0.05, 0.1) is 5.60 Å². The highest BCUT2D eigenvalue weighted by Crippen LogP contribution is 2.58. The van der Waals surface area contributed by atoms with Crippen LogP contribution in [0.15, 0.2) is 0 Å². The van der Waals surface area contributed by atoms with Crippen molar-refractivity contribution >= 4 is 0 Å². The standard InChI is InChI=1S/C15H29NO/c1-12-9-13(2,3)10-15(12,17)14(11-16)7-5-4-6-8-14/h12,17H,4-11,16H2,1-3H3. The molecule has 2 aliphatic carbocycles. The third-order valence-electron chi connectivity index (χ3n) is 5.54. The van der Waals surface area contributed by atoms with E-state index in [2.05, 4.69) is 20.8 Å². The largest absolute Gasteiger partial charge is 0.389 e. The van der Waals surface area contributed by atoms with Crippen LogP contribution in [0, 0.1) is 16.7 Å². The average molecular weight is 239 g/mol. The Morgan fingerprint density at radius 1 is 1.18 bits per heavy atom. The van der Waals surface area contributed by atoms with Gasteiger partial charge in [-0.1, -0.05) is 40.0 Å². The van der Waals surface area contributed by atoms with E-state index in [0.717, 1.165) is 25.7 Å². The number of hydrogen-bond acceptors (Lipinski definition) is 2. The minimum Gasteiger partial charge on any atom is -0.389 e. The normalized spacial score (nSPS) is 40.4. The van der Waals surface area contributed by atoms with E-state index in [1.54, 1.807) is 0 Å². The predicted molar refractivity (Wildman–Crippen MR) is 71.7 cm³/mol. The maximum Gasteiger partial charge on any atom is 0.0746 e. The molecule has 2 unspecified atom stereocenters. The third-order valence-corrected chi connectivity index (χ3v) is 5.54. The molecule has 2 rings (SSSR count). The van der Waals surface area contributed by atoms with Gasteiger partial charge < -0.3 is 10.8 Å². The first kappa shape index (κ1) is 13.4. The molecule has 2 saturated carbocycles. The molecule has 2 heteroatoms. The van der Waals surface area contributed by atoms with Crippen molar-refractivity contribution in [1.82, 2.24) is 0 Å². The van der Waals surface area contributed by atoms with Gasteiger partial charge in [-0.15, -0.1) is 0 Å². The first-order chi connectivity index (χ1) is 7.85. The van der Waals surface area contributed by atoms with Crippen LogP contribution in [0.3, 0.4) is 0 Å². The lowest BCUT2D eigenvalue weighted by Gasteiger charge is -2.50. The summed E-state index contributed by atoms with van der Waals surface area (Å²) in [6.07, 6.45) is 8.11. The van der Waals surface area contributed by atoms with Crippen molar-refractivity contribution in [3.05, 3.63) is 0 Å². The van der Waals surface area contributed by atoms with Crippen LogP contribution in [0.1, 0.15) is 65.7 Å². The summed E-state index contributed by atoms with van der Waals surface area (Å²) in [6, 6.07) is 0. The van der Waals surface area contributed by atoms with Crippen LogP contribution in [0.5, 0.6) is 0 Å². The van der Waals surface area contributed by atoms with Gasteiger partial charge >= 0.3 is 0 Å². The van der Waals surface area contributed by atoms with E-state index < -0.39 is 5.60 Å². The van der Waals surface area contributed by atoms with Gasteiger partial charge in [0.15, 0.2) is 0 Å². The first-order valence-electron chi connectivity index (χ1n) is 7.28. The highest BCUT2D eigenvalue weighted by Gasteiger charge is 2.58. The Labute approximate surface area is 106 Å². The van der Waals surface area contributed by atoms with Gasteiger partial charge in [0, 0.05) is 12.0 Å². The Kier molecular flexibility index (Phi) is 3.33. The minimum atomic E-state index is -0.522. The molecule has 2 aliphatic rings. The summed E-state index contributed by atoms with van der Waals surface area (Å²) in [5.41, 5.74) is 5.84. The fourth-order valence-corrected chi connectivity index (χ4v) is 4.73. The molecule has 0 amide bonds.